The summed E-state index contributed by atoms with van der Waals surface area (Å²) in [7, 11) is 0. The molecule has 8 nitrogen and oxygen atoms in total. The average molecular weight is 404 g/mol. The molecule has 2 amide bonds. The average Bonchev–Trinajstić information content (AvgIpc) is 2.70. The molecule has 28 heavy (non-hydrogen) atoms. The molecular weight excluding hydrogens is 386 g/mol. The third-order valence-electron chi connectivity index (χ3n) is 4.34. The summed E-state index contributed by atoms with van der Waals surface area (Å²) >= 11 is 5.76. The van der Waals surface area contributed by atoms with Crippen molar-refractivity contribution in [3.8, 4) is 0 Å². The van der Waals surface area contributed by atoms with Crippen molar-refractivity contribution in [3.05, 3.63) is 68.7 Å². The fourth-order valence-corrected chi connectivity index (χ4v) is 2.99. The Kier molecular flexibility index (Phi) is 6.23. The number of carbonyl (C=O) groups is 2. The number of hydrogen-bond acceptors (Lipinski definition) is 5. The molecule has 0 aliphatic carbocycles. The normalized spacial score (nSPS) is 13.8. The molecule has 2 aromatic rings. The lowest BCUT2D eigenvalue weighted by molar-refractivity contribution is -0.384. The van der Waals surface area contributed by atoms with Crippen LogP contribution < -0.4 is 5.32 Å². The monoisotopic (exact) mass is 403 g/mol. The molecule has 0 unspecified atom stereocenters. The van der Waals surface area contributed by atoms with Crippen LogP contribution in [0.5, 0.6) is 0 Å². The van der Waals surface area contributed by atoms with Gasteiger partial charge in [0, 0.05) is 30.4 Å². The molecule has 1 heterocycles. The first-order valence-corrected chi connectivity index (χ1v) is 9.01. The van der Waals surface area contributed by atoms with Crippen LogP contribution in [0.2, 0.25) is 5.02 Å². The van der Waals surface area contributed by atoms with Crippen LogP contribution in [0.25, 0.3) is 0 Å². The molecule has 9 heteroatoms. The van der Waals surface area contributed by atoms with Crippen molar-refractivity contribution in [3.63, 3.8) is 0 Å². The summed E-state index contributed by atoms with van der Waals surface area (Å²) in [5.74, 6) is -0.453. The number of morpholine rings is 1. The number of ether oxygens (including phenoxy) is 1. The molecular formula is C19H18ClN3O5. The molecule has 0 radical (unpaired) electrons. The number of nitro benzene ring substituents is 1. The van der Waals surface area contributed by atoms with Gasteiger partial charge in [0.1, 0.15) is 5.02 Å². The first-order chi connectivity index (χ1) is 13.4. The molecule has 1 aliphatic heterocycles. The van der Waals surface area contributed by atoms with Crippen LogP contribution in [0, 0.1) is 10.1 Å². The summed E-state index contributed by atoms with van der Waals surface area (Å²) in [6.45, 7) is 2.31. The number of rotatable bonds is 5. The lowest BCUT2D eigenvalue weighted by Gasteiger charge is -2.26. The van der Waals surface area contributed by atoms with E-state index in [1.165, 1.54) is 12.1 Å². The second-order valence-corrected chi connectivity index (χ2v) is 6.65. The Hall–Kier alpha value is -2.97. The Morgan fingerprint density at radius 2 is 1.82 bits per heavy atom. The standard InChI is InChI=1S/C19H18ClN3O5/c20-16-6-3-14(12-17(16)23(26)27)19(25)21-15-4-1-13(2-5-15)11-18(24)22-7-9-28-10-8-22/h1-6,12H,7-11H2,(H,21,25). The van der Waals surface area contributed by atoms with E-state index in [-0.39, 0.29) is 28.6 Å². The molecule has 2 aromatic carbocycles. The van der Waals surface area contributed by atoms with Gasteiger partial charge in [-0.1, -0.05) is 23.7 Å². The van der Waals surface area contributed by atoms with E-state index in [9.17, 15) is 19.7 Å². The number of nitrogens with one attached hydrogen (secondary N) is 1. The highest BCUT2D eigenvalue weighted by molar-refractivity contribution is 6.32. The second kappa shape index (κ2) is 8.81. The lowest BCUT2D eigenvalue weighted by Crippen LogP contribution is -2.41. The minimum absolute atomic E-state index is 0.0316. The van der Waals surface area contributed by atoms with Crippen molar-refractivity contribution >= 4 is 34.8 Å². The Morgan fingerprint density at radius 3 is 2.46 bits per heavy atom. The third-order valence-corrected chi connectivity index (χ3v) is 4.66. The molecule has 0 bridgehead atoms. The van der Waals surface area contributed by atoms with Gasteiger partial charge in [-0.05, 0) is 29.8 Å². The maximum Gasteiger partial charge on any atom is 0.288 e. The van der Waals surface area contributed by atoms with Crippen LogP contribution in [-0.2, 0) is 16.0 Å². The van der Waals surface area contributed by atoms with Gasteiger partial charge in [0.2, 0.25) is 5.91 Å². The minimum atomic E-state index is -0.640. The highest BCUT2D eigenvalue weighted by Gasteiger charge is 2.18. The number of carbonyl (C=O) groups excluding carboxylic acids is 2. The zero-order chi connectivity index (χ0) is 20.1. The van der Waals surface area contributed by atoms with E-state index in [4.69, 9.17) is 16.3 Å². The van der Waals surface area contributed by atoms with E-state index < -0.39 is 10.8 Å². The Labute approximate surface area is 166 Å². The number of hydrogen-bond donors (Lipinski definition) is 1. The number of amides is 2. The molecule has 1 saturated heterocycles. The predicted molar refractivity (Wildman–Crippen MR) is 104 cm³/mol. The summed E-state index contributed by atoms with van der Waals surface area (Å²) < 4.78 is 5.24. The Morgan fingerprint density at radius 1 is 1.14 bits per heavy atom. The van der Waals surface area contributed by atoms with Gasteiger partial charge < -0.3 is 15.0 Å². The van der Waals surface area contributed by atoms with Crippen LogP contribution in [0.4, 0.5) is 11.4 Å². The van der Waals surface area contributed by atoms with Crippen molar-refractivity contribution in [2.24, 2.45) is 0 Å². The van der Waals surface area contributed by atoms with Crippen LogP contribution in [0.15, 0.2) is 42.5 Å². The minimum Gasteiger partial charge on any atom is -0.378 e. The predicted octanol–water partition coefficient (Wildman–Crippen LogP) is 2.90. The maximum absolute atomic E-state index is 12.3. The highest BCUT2D eigenvalue weighted by Crippen LogP contribution is 2.25. The van der Waals surface area contributed by atoms with E-state index in [1.807, 2.05) is 0 Å². The summed E-state index contributed by atoms with van der Waals surface area (Å²) in [4.78, 5) is 36.7. The smallest absolute Gasteiger partial charge is 0.288 e. The first kappa shape index (κ1) is 19.8. The van der Waals surface area contributed by atoms with Gasteiger partial charge in [-0.25, -0.2) is 0 Å². The summed E-state index contributed by atoms with van der Waals surface area (Å²) in [5, 5.41) is 13.6. The van der Waals surface area contributed by atoms with Crippen LogP contribution in [-0.4, -0.2) is 47.9 Å². The Balaban J connectivity index is 1.62. The molecule has 146 valence electrons. The fourth-order valence-electron chi connectivity index (χ4n) is 2.80. The van der Waals surface area contributed by atoms with Gasteiger partial charge >= 0.3 is 0 Å². The van der Waals surface area contributed by atoms with Crippen molar-refractivity contribution in [2.45, 2.75) is 6.42 Å². The SMILES string of the molecule is O=C(Nc1ccc(CC(=O)N2CCOCC2)cc1)c1ccc(Cl)c([N+](=O)[O-])c1. The maximum atomic E-state index is 12.3. The number of benzene rings is 2. The summed E-state index contributed by atoms with van der Waals surface area (Å²) in [6, 6.07) is 10.8. The van der Waals surface area contributed by atoms with E-state index in [2.05, 4.69) is 5.32 Å². The summed E-state index contributed by atoms with van der Waals surface area (Å²) in [6.07, 6.45) is 0.275. The molecule has 1 aliphatic rings. The van der Waals surface area contributed by atoms with Crippen LogP contribution >= 0.6 is 11.6 Å². The molecule has 0 atom stereocenters. The van der Waals surface area contributed by atoms with Crippen molar-refractivity contribution in [1.82, 2.24) is 4.90 Å². The number of anilines is 1. The quantitative estimate of drug-likeness (QED) is 0.611. The van der Waals surface area contributed by atoms with Gasteiger partial charge in [0.05, 0.1) is 24.6 Å². The second-order valence-electron chi connectivity index (χ2n) is 6.24. The molecule has 3 rings (SSSR count). The molecule has 1 N–H and O–H groups in total. The summed E-state index contributed by atoms with van der Waals surface area (Å²) in [5.41, 5.74) is 1.15. The van der Waals surface area contributed by atoms with E-state index >= 15 is 0 Å². The lowest BCUT2D eigenvalue weighted by atomic mass is 10.1. The largest absolute Gasteiger partial charge is 0.378 e. The molecule has 0 saturated carbocycles. The zero-order valence-corrected chi connectivity index (χ0v) is 15.6. The van der Waals surface area contributed by atoms with Gasteiger partial charge in [0.25, 0.3) is 11.6 Å². The number of nitrogens with zero attached hydrogens (tertiary/aromatic N) is 2. The number of halogens is 1. The van der Waals surface area contributed by atoms with Crippen molar-refractivity contribution in [2.75, 3.05) is 31.6 Å². The molecule has 1 fully saturated rings. The zero-order valence-electron chi connectivity index (χ0n) is 14.9. The van der Waals surface area contributed by atoms with Gasteiger partial charge in [-0.2, -0.15) is 0 Å². The van der Waals surface area contributed by atoms with E-state index in [0.717, 1.165) is 11.6 Å². The van der Waals surface area contributed by atoms with Crippen molar-refractivity contribution < 1.29 is 19.2 Å². The first-order valence-electron chi connectivity index (χ1n) is 8.64. The topological polar surface area (TPSA) is 102 Å². The highest BCUT2D eigenvalue weighted by atomic mass is 35.5. The molecule has 0 spiro atoms. The Bertz CT molecular complexity index is 895. The van der Waals surface area contributed by atoms with Crippen molar-refractivity contribution in [1.29, 1.82) is 0 Å². The van der Waals surface area contributed by atoms with Gasteiger partial charge in [-0.3, -0.25) is 19.7 Å². The fraction of sp³-hybridized carbons (Fsp3) is 0.263. The third kappa shape index (κ3) is 4.85. The number of nitro groups is 1. The van der Waals surface area contributed by atoms with Crippen LogP contribution in [0.1, 0.15) is 15.9 Å². The van der Waals surface area contributed by atoms with Gasteiger partial charge in [-0.15, -0.1) is 0 Å². The van der Waals surface area contributed by atoms with Crippen LogP contribution in [0.3, 0.4) is 0 Å². The van der Waals surface area contributed by atoms with Gasteiger partial charge in [0.15, 0.2) is 0 Å². The van der Waals surface area contributed by atoms with E-state index in [1.54, 1.807) is 29.2 Å². The van der Waals surface area contributed by atoms with E-state index in [0.29, 0.717) is 32.0 Å². The molecule has 0 aromatic heterocycles.